The highest BCUT2D eigenvalue weighted by atomic mass is 127. The van der Waals surface area contributed by atoms with E-state index in [2.05, 4.69) is 57.7 Å². The van der Waals surface area contributed by atoms with Crippen LogP contribution in [0.2, 0.25) is 0 Å². The van der Waals surface area contributed by atoms with E-state index < -0.39 is 0 Å². The van der Waals surface area contributed by atoms with Gasteiger partial charge >= 0.3 is 0 Å². The fourth-order valence-electron chi connectivity index (χ4n) is 3.28. The first-order valence-corrected chi connectivity index (χ1v) is 8.99. The van der Waals surface area contributed by atoms with E-state index >= 15 is 0 Å². The lowest BCUT2D eigenvalue weighted by molar-refractivity contribution is 0.125. The van der Waals surface area contributed by atoms with Crippen molar-refractivity contribution in [1.82, 2.24) is 10.2 Å². The van der Waals surface area contributed by atoms with Gasteiger partial charge in [0.15, 0.2) is 5.96 Å². The van der Waals surface area contributed by atoms with Crippen molar-refractivity contribution in [1.29, 1.82) is 0 Å². The summed E-state index contributed by atoms with van der Waals surface area (Å²) in [6.07, 6.45) is 1.18. The Morgan fingerprint density at radius 3 is 2.50 bits per heavy atom. The molecule has 1 saturated heterocycles. The van der Waals surface area contributed by atoms with E-state index in [1.807, 2.05) is 25.2 Å². The van der Waals surface area contributed by atoms with Crippen LogP contribution < -0.4 is 5.32 Å². The highest BCUT2D eigenvalue weighted by Crippen LogP contribution is 2.26. The largest absolute Gasteiger partial charge is 0.375 e. The Morgan fingerprint density at radius 2 is 1.81 bits per heavy atom. The van der Waals surface area contributed by atoms with Crippen LogP contribution in [0, 0.1) is 0 Å². The van der Waals surface area contributed by atoms with Crippen molar-refractivity contribution in [3.63, 3.8) is 0 Å². The molecule has 1 aliphatic heterocycles. The number of hydrogen-bond acceptors (Lipinski definition) is 2. The van der Waals surface area contributed by atoms with Gasteiger partial charge in [0, 0.05) is 32.6 Å². The molecule has 140 valence electrons. The molecule has 5 heteroatoms. The lowest BCUT2D eigenvalue weighted by atomic mass is 9.99. The lowest BCUT2D eigenvalue weighted by Crippen LogP contribution is -2.41. The third-order valence-electron chi connectivity index (χ3n) is 4.61. The molecule has 0 bridgehead atoms. The minimum atomic E-state index is 0. The number of rotatable bonds is 6. The number of nitrogens with one attached hydrogen (secondary N) is 1. The number of halogens is 1. The van der Waals surface area contributed by atoms with Gasteiger partial charge in [-0.15, -0.1) is 24.0 Å². The Hall–Kier alpha value is -1.60. The van der Waals surface area contributed by atoms with Gasteiger partial charge in [0.1, 0.15) is 0 Å². The van der Waals surface area contributed by atoms with E-state index in [9.17, 15) is 0 Å². The van der Waals surface area contributed by atoms with Gasteiger partial charge in [-0.1, -0.05) is 60.7 Å². The van der Waals surface area contributed by atoms with Gasteiger partial charge in [-0.2, -0.15) is 0 Å². The second kappa shape index (κ2) is 11.2. The number of nitrogens with zero attached hydrogens (tertiary/aromatic N) is 2. The van der Waals surface area contributed by atoms with Crippen LogP contribution in [0.5, 0.6) is 0 Å². The fraction of sp³-hybridized carbons (Fsp3) is 0.381. The molecule has 3 rings (SSSR count). The highest BCUT2D eigenvalue weighted by molar-refractivity contribution is 14.0. The fourth-order valence-corrected chi connectivity index (χ4v) is 3.28. The third-order valence-corrected chi connectivity index (χ3v) is 4.61. The second-order valence-electron chi connectivity index (χ2n) is 6.35. The monoisotopic (exact) mass is 465 g/mol. The molecule has 1 N–H and O–H groups in total. The molecule has 0 aromatic heterocycles. The molecule has 0 amide bonds. The predicted molar refractivity (Wildman–Crippen MR) is 118 cm³/mol. The van der Waals surface area contributed by atoms with Gasteiger partial charge in [0.2, 0.25) is 0 Å². The number of hydrogen-bond donors (Lipinski definition) is 1. The molecule has 26 heavy (non-hydrogen) atoms. The Labute approximate surface area is 173 Å². The van der Waals surface area contributed by atoms with Crippen LogP contribution >= 0.6 is 24.0 Å². The predicted octanol–water partition coefficient (Wildman–Crippen LogP) is 3.89. The Balaban J connectivity index is 0.00000243. The van der Waals surface area contributed by atoms with Gasteiger partial charge in [-0.3, -0.25) is 4.99 Å². The van der Waals surface area contributed by atoms with Crippen LogP contribution in [0.15, 0.2) is 65.7 Å². The smallest absolute Gasteiger partial charge is 0.193 e. The van der Waals surface area contributed by atoms with Crippen molar-refractivity contribution < 1.29 is 4.74 Å². The molecule has 1 heterocycles. The van der Waals surface area contributed by atoms with Gasteiger partial charge < -0.3 is 15.0 Å². The van der Waals surface area contributed by atoms with Crippen molar-refractivity contribution in [3.8, 4) is 0 Å². The van der Waals surface area contributed by atoms with E-state index in [0.29, 0.717) is 19.1 Å². The van der Waals surface area contributed by atoms with E-state index in [1.165, 1.54) is 17.5 Å². The summed E-state index contributed by atoms with van der Waals surface area (Å²) >= 11 is 0. The molecule has 2 aromatic carbocycles. The number of likely N-dealkylation sites (tertiary alicyclic amines) is 1. The molecular formula is C21H28IN3O. The molecule has 4 nitrogen and oxygen atoms in total. The minimum Gasteiger partial charge on any atom is -0.375 e. The van der Waals surface area contributed by atoms with Crippen LogP contribution in [-0.4, -0.2) is 44.1 Å². The van der Waals surface area contributed by atoms with Gasteiger partial charge in [0.25, 0.3) is 0 Å². The van der Waals surface area contributed by atoms with Crippen LogP contribution in [0.1, 0.15) is 23.5 Å². The van der Waals surface area contributed by atoms with Crippen LogP contribution in [-0.2, 0) is 11.3 Å². The number of guanidine groups is 1. The van der Waals surface area contributed by atoms with E-state index in [4.69, 9.17) is 4.74 Å². The maximum atomic E-state index is 5.73. The molecule has 0 saturated carbocycles. The van der Waals surface area contributed by atoms with Crippen molar-refractivity contribution in [3.05, 3.63) is 71.8 Å². The molecule has 2 aromatic rings. The maximum absolute atomic E-state index is 5.73. The van der Waals surface area contributed by atoms with Gasteiger partial charge in [-0.05, 0) is 17.5 Å². The van der Waals surface area contributed by atoms with Crippen molar-refractivity contribution in [2.75, 3.05) is 33.3 Å². The summed E-state index contributed by atoms with van der Waals surface area (Å²) in [7, 11) is 1.85. The molecule has 0 spiro atoms. The normalized spacial score (nSPS) is 17.0. The van der Waals surface area contributed by atoms with E-state index in [1.54, 1.807) is 0 Å². The van der Waals surface area contributed by atoms with E-state index in [0.717, 1.165) is 25.6 Å². The van der Waals surface area contributed by atoms with Gasteiger partial charge in [-0.25, -0.2) is 0 Å². The van der Waals surface area contributed by atoms with Gasteiger partial charge in [0.05, 0.1) is 13.2 Å². The molecule has 1 aliphatic rings. The molecule has 1 unspecified atom stereocenters. The number of ether oxygens (including phenoxy) is 1. The molecule has 1 fully saturated rings. The summed E-state index contributed by atoms with van der Waals surface area (Å²) in [5, 5.41) is 3.42. The van der Waals surface area contributed by atoms with Crippen molar-refractivity contribution in [2.24, 2.45) is 4.99 Å². The SMILES string of the molecule is CN=C(NCCOCc1ccccc1)N1CCC(c2ccccc2)C1.I. The van der Waals surface area contributed by atoms with Crippen molar-refractivity contribution >= 4 is 29.9 Å². The van der Waals surface area contributed by atoms with Crippen LogP contribution in [0.25, 0.3) is 0 Å². The highest BCUT2D eigenvalue weighted by Gasteiger charge is 2.25. The summed E-state index contributed by atoms with van der Waals surface area (Å²) in [5.74, 6) is 1.57. The number of aliphatic imine (C=N–C) groups is 1. The average molecular weight is 465 g/mol. The first kappa shape index (κ1) is 20.7. The third kappa shape index (κ3) is 5.99. The zero-order chi connectivity index (χ0) is 17.3. The first-order chi connectivity index (χ1) is 12.4. The number of benzene rings is 2. The van der Waals surface area contributed by atoms with E-state index in [-0.39, 0.29) is 24.0 Å². The summed E-state index contributed by atoms with van der Waals surface area (Å²) in [5.41, 5.74) is 2.63. The summed E-state index contributed by atoms with van der Waals surface area (Å²) in [6.45, 7) is 4.16. The molecule has 1 atom stereocenters. The quantitative estimate of drug-likeness (QED) is 0.305. The Morgan fingerprint density at radius 1 is 1.12 bits per heavy atom. The zero-order valence-corrected chi connectivity index (χ0v) is 17.6. The van der Waals surface area contributed by atoms with Crippen molar-refractivity contribution in [2.45, 2.75) is 18.9 Å². The van der Waals surface area contributed by atoms with Crippen LogP contribution in [0.4, 0.5) is 0 Å². The maximum Gasteiger partial charge on any atom is 0.193 e. The summed E-state index contributed by atoms with van der Waals surface area (Å²) in [6, 6.07) is 21.0. The first-order valence-electron chi connectivity index (χ1n) is 8.99. The summed E-state index contributed by atoms with van der Waals surface area (Å²) in [4.78, 5) is 6.77. The zero-order valence-electron chi connectivity index (χ0n) is 15.3. The molecule has 0 radical (unpaired) electrons. The lowest BCUT2D eigenvalue weighted by Gasteiger charge is -2.21. The molecule has 0 aliphatic carbocycles. The Kier molecular flexibility index (Phi) is 8.91. The summed E-state index contributed by atoms with van der Waals surface area (Å²) < 4.78 is 5.73. The van der Waals surface area contributed by atoms with Crippen LogP contribution in [0.3, 0.4) is 0 Å². The average Bonchev–Trinajstić information content (AvgIpc) is 3.16. The molecular weight excluding hydrogens is 437 g/mol. The Bertz CT molecular complexity index is 663. The standard InChI is InChI=1S/C21H27N3O.HI/c1-22-21(23-13-15-25-17-18-8-4-2-5-9-18)24-14-12-20(16-24)19-10-6-3-7-11-19;/h2-11,20H,12-17H2,1H3,(H,22,23);1H. The minimum absolute atomic E-state index is 0. The topological polar surface area (TPSA) is 36.9 Å². The second-order valence-corrected chi connectivity index (χ2v) is 6.35.